The summed E-state index contributed by atoms with van der Waals surface area (Å²) in [5.74, 6) is 1.91. The van der Waals surface area contributed by atoms with Gasteiger partial charge in [0.1, 0.15) is 12.0 Å². The van der Waals surface area contributed by atoms with Gasteiger partial charge in [0.25, 0.3) is 0 Å². The van der Waals surface area contributed by atoms with Crippen LogP contribution in [-0.2, 0) is 9.47 Å². The Kier molecular flexibility index (Phi) is 5.15. The van der Waals surface area contributed by atoms with Crippen LogP contribution in [0.2, 0.25) is 0 Å². The summed E-state index contributed by atoms with van der Waals surface area (Å²) >= 11 is 0. The molecule has 0 atom stereocenters. The van der Waals surface area contributed by atoms with Crippen molar-refractivity contribution in [3.63, 3.8) is 0 Å². The SMILES string of the molecule is C1=CCCC(CC2=COC=C(Oc3cnc(Nc4ccccc4)nc3)O2)=C1. The van der Waals surface area contributed by atoms with Crippen molar-refractivity contribution in [1.82, 2.24) is 9.97 Å². The van der Waals surface area contributed by atoms with Crippen LogP contribution in [0, 0.1) is 0 Å². The zero-order chi connectivity index (χ0) is 18.3. The van der Waals surface area contributed by atoms with E-state index in [2.05, 4.69) is 33.5 Å². The Morgan fingerprint density at radius 1 is 1.07 bits per heavy atom. The standard InChI is InChI=1S/C21H19N3O3/c1-3-7-16(8-4-1)11-18-14-25-15-20(26-18)27-19-12-22-21(23-13-19)24-17-9-5-2-6-10-17/h1-3,5-7,9-10,12-15H,4,8,11H2,(H,22,23,24). The number of benzene rings is 1. The molecule has 1 N–H and O–H groups in total. The summed E-state index contributed by atoms with van der Waals surface area (Å²) in [5, 5.41) is 3.12. The number of para-hydroxylation sites is 1. The lowest BCUT2D eigenvalue weighted by Crippen LogP contribution is -2.07. The predicted octanol–water partition coefficient (Wildman–Crippen LogP) is 4.95. The Labute approximate surface area is 157 Å². The monoisotopic (exact) mass is 361 g/mol. The maximum atomic E-state index is 5.76. The lowest BCUT2D eigenvalue weighted by molar-refractivity contribution is 0.113. The summed E-state index contributed by atoms with van der Waals surface area (Å²) in [6, 6.07) is 9.72. The van der Waals surface area contributed by atoms with E-state index in [1.807, 2.05) is 30.3 Å². The van der Waals surface area contributed by atoms with Gasteiger partial charge in [-0.05, 0) is 25.0 Å². The van der Waals surface area contributed by atoms with E-state index in [1.165, 1.54) is 11.8 Å². The average Bonchev–Trinajstić information content (AvgIpc) is 2.71. The number of hydrogen-bond donors (Lipinski definition) is 1. The molecule has 2 heterocycles. The number of allylic oxidation sites excluding steroid dienone is 4. The van der Waals surface area contributed by atoms with Gasteiger partial charge in [0.2, 0.25) is 5.95 Å². The molecule has 0 bridgehead atoms. The molecule has 2 aliphatic rings. The van der Waals surface area contributed by atoms with Crippen molar-refractivity contribution in [2.75, 3.05) is 5.32 Å². The van der Waals surface area contributed by atoms with Crippen LogP contribution >= 0.6 is 0 Å². The highest BCUT2D eigenvalue weighted by molar-refractivity contribution is 5.52. The molecule has 0 amide bonds. The Bertz CT molecular complexity index is 900. The Morgan fingerprint density at radius 2 is 1.93 bits per heavy atom. The van der Waals surface area contributed by atoms with Crippen LogP contribution in [0.15, 0.2) is 90.8 Å². The molecule has 136 valence electrons. The Balaban J connectivity index is 1.33. The van der Waals surface area contributed by atoms with Crippen LogP contribution in [0.25, 0.3) is 0 Å². The molecule has 6 heteroatoms. The molecule has 1 aromatic heterocycles. The van der Waals surface area contributed by atoms with E-state index in [1.54, 1.807) is 18.7 Å². The van der Waals surface area contributed by atoms with Gasteiger partial charge < -0.3 is 19.5 Å². The van der Waals surface area contributed by atoms with Crippen LogP contribution < -0.4 is 10.1 Å². The Morgan fingerprint density at radius 3 is 2.70 bits per heavy atom. The van der Waals surface area contributed by atoms with E-state index in [-0.39, 0.29) is 5.95 Å². The van der Waals surface area contributed by atoms with Crippen molar-refractivity contribution in [3.8, 4) is 5.75 Å². The quantitative estimate of drug-likeness (QED) is 0.785. The van der Waals surface area contributed by atoms with E-state index >= 15 is 0 Å². The number of ether oxygens (including phenoxy) is 3. The second kappa shape index (κ2) is 8.23. The molecule has 0 spiro atoms. The molecule has 6 nitrogen and oxygen atoms in total. The maximum absolute atomic E-state index is 5.76. The van der Waals surface area contributed by atoms with Gasteiger partial charge in [0, 0.05) is 12.1 Å². The topological polar surface area (TPSA) is 65.5 Å². The molecule has 4 rings (SSSR count). The molecular formula is C21H19N3O3. The van der Waals surface area contributed by atoms with E-state index < -0.39 is 0 Å². The third kappa shape index (κ3) is 4.76. The molecule has 1 aromatic carbocycles. The van der Waals surface area contributed by atoms with E-state index in [9.17, 15) is 0 Å². The number of nitrogens with one attached hydrogen (secondary N) is 1. The smallest absolute Gasteiger partial charge is 0.327 e. The van der Waals surface area contributed by atoms with Crippen molar-refractivity contribution in [2.24, 2.45) is 0 Å². The molecule has 27 heavy (non-hydrogen) atoms. The molecular weight excluding hydrogens is 342 g/mol. The van der Waals surface area contributed by atoms with Crippen molar-refractivity contribution in [3.05, 3.63) is 90.8 Å². The molecule has 0 saturated heterocycles. The van der Waals surface area contributed by atoms with Crippen molar-refractivity contribution >= 4 is 11.6 Å². The van der Waals surface area contributed by atoms with Crippen molar-refractivity contribution in [2.45, 2.75) is 19.3 Å². The first-order valence-electron chi connectivity index (χ1n) is 8.74. The summed E-state index contributed by atoms with van der Waals surface area (Å²) in [6.07, 6.45) is 15.3. The summed E-state index contributed by atoms with van der Waals surface area (Å²) in [5.41, 5.74) is 2.22. The third-order valence-electron chi connectivity index (χ3n) is 3.97. The number of rotatable bonds is 6. The fraction of sp³-hybridized carbons (Fsp3) is 0.143. The number of aromatic nitrogens is 2. The minimum Gasteiger partial charge on any atom is -0.462 e. The van der Waals surface area contributed by atoms with Gasteiger partial charge in [-0.25, -0.2) is 9.97 Å². The van der Waals surface area contributed by atoms with Gasteiger partial charge in [-0.1, -0.05) is 42.0 Å². The second-order valence-electron chi connectivity index (χ2n) is 6.06. The summed E-state index contributed by atoms with van der Waals surface area (Å²) in [7, 11) is 0. The molecule has 1 aliphatic carbocycles. The number of anilines is 2. The van der Waals surface area contributed by atoms with Crippen LogP contribution in [0.5, 0.6) is 5.75 Å². The third-order valence-corrected chi connectivity index (χ3v) is 3.97. The zero-order valence-electron chi connectivity index (χ0n) is 14.7. The van der Waals surface area contributed by atoms with Gasteiger partial charge in [-0.3, -0.25) is 0 Å². The highest BCUT2D eigenvalue weighted by atomic mass is 16.7. The van der Waals surface area contributed by atoms with Gasteiger partial charge in [-0.2, -0.15) is 0 Å². The lowest BCUT2D eigenvalue weighted by Gasteiger charge is -2.18. The van der Waals surface area contributed by atoms with Gasteiger partial charge in [0.05, 0.1) is 12.4 Å². The highest BCUT2D eigenvalue weighted by Crippen LogP contribution is 2.26. The average molecular weight is 361 g/mol. The summed E-state index contributed by atoms with van der Waals surface area (Å²) < 4.78 is 16.8. The van der Waals surface area contributed by atoms with Crippen LogP contribution in [-0.4, -0.2) is 9.97 Å². The summed E-state index contributed by atoms with van der Waals surface area (Å²) in [4.78, 5) is 8.50. The second-order valence-corrected chi connectivity index (χ2v) is 6.06. The van der Waals surface area contributed by atoms with E-state index in [4.69, 9.17) is 14.2 Å². The fourth-order valence-corrected chi connectivity index (χ4v) is 2.69. The molecule has 0 unspecified atom stereocenters. The van der Waals surface area contributed by atoms with Crippen molar-refractivity contribution < 1.29 is 14.2 Å². The first-order valence-corrected chi connectivity index (χ1v) is 8.74. The van der Waals surface area contributed by atoms with Gasteiger partial charge >= 0.3 is 5.95 Å². The predicted molar refractivity (Wildman–Crippen MR) is 102 cm³/mol. The Hall–Kier alpha value is -3.54. The van der Waals surface area contributed by atoms with E-state index in [0.717, 1.165) is 18.5 Å². The summed E-state index contributed by atoms with van der Waals surface area (Å²) in [6.45, 7) is 0. The minimum atomic E-state index is 0.256. The fourth-order valence-electron chi connectivity index (χ4n) is 2.69. The van der Waals surface area contributed by atoms with E-state index in [0.29, 0.717) is 23.9 Å². The normalized spacial score (nSPS) is 15.6. The van der Waals surface area contributed by atoms with Crippen molar-refractivity contribution in [1.29, 1.82) is 0 Å². The lowest BCUT2D eigenvalue weighted by atomic mass is 10.0. The first kappa shape index (κ1) is 16.9. The molecule has 1 aliphatic heterocycles. The largest absolute Gasteiger partial charge is 0.462 e. The highest BCUT2D eigenvalue weighted by Gasteiger charge is 2.15. The minimum absolute atomic E-state index is 0.256. The maximum Gasteiger partial charge on any atom is 0.327 e. The molecule has 0 radical (unpaired) electrons. The van der Waals surface area contributed by atoms with Gasteiger partial charge in [0.15, 0.2) is 12.0 Å². The molecule has 0 saturated carbocycles. The number of hydrogen-bond acceptors (Lipinski definition) is 6. The first-order chi connectivity index (χ1) is 13.3. The van der Waals surface area contributed by atoms with Crippen LogP contribution in [0.4, 0.5) is 11.6 Å². The van der Waals surface area contributed by atoms with Gasteiger partial charge in [-0.15, -0.1) is 0 Å². The number of nitrogens with zero attached hydrogens (tertiary/aromatic N) is 2. The molecule has 0 fully saturated rings. The van der Waals surface area contributed by atoms with Crippen LogP contribution in [0.3, 0.4) is 0 Å². The molecule has 2 aromatic rings. The van der Waals surface area contributed by atoms with Crippen LogP contribution in [0.1, 0.15) is 19.3 Å². The zero-order valence-corrected chi connectivity index (χ0v) is 14.7.